The Kier molecular flexibility index (Phi) is 10.3. The first kappa shape index (κ1) is 40.7. The summed E-state index contributed by atoms with van der Waals surface area (Å²) in [4.78, 5) is 63.3. The molecule has 8 rings (SSSR count). The number of halogens is 1. The molecule has 3 aliphatic heterocycles. The highest BCUT2D eigenvalue weighted by Gasteiger charge is 2.64. The van der Waals surface area contributed by atoms with Crippen molar-refractivity contribution in [1.29, 1.82) is 0 Å². The number of hydrogen-bond acceptors (Lipinski definition) is 9. The Morgan fingerprint density at radius 3 is 2.56 bits per heavy atom. The minimum Gasteiger partial charge on any atom is -0.483 e. The number of rotatable bonds is 5. The second kappa shape index (κ2) is 14.9. The van der Waals surface area contributed by atoms with Crippen molar-refractivity contribution in [2.45, 2.75) is 132 Å². The summed E-state index contributed by atoms with van der Waals surface area (Å²) in [5, 5.41) is 6.59. The standard InChI is InChI=1S/C44H52FN5O8S/c1-41(2,3)58-40(54)47-33-18-9-7-5-6-8-14-28-24-44(28,39(53)49-59(55,56)42(4)21-22-42)48-37(51)34-25-43(26-50(34)38(33)52)20-19-31-30-16-10-11-17-32(30)46-35(36(31)57-43)27-13-12-15-29(45)23-27/h8,10-17,23,28,33-34H,5-7,9,18-22,24-26H2,1-4H3,(H,47,54)(H,48,51)(H,49,53). The molecule has 3 fully saturated rings. The van der Waals surface area contributed by atoms with Crippen LogP contribution in [0.25, 0.3) is 22.2 Å². The first-order valence-corrected chi connectivity index (χ1v) is 22.1. The van der Waals surface area contributed by atoms with Crippen molar-refractivity contribution in [1.82, 2.24) is 25.2 Å². The molecule has 15 heteroatoms. The van der Waals surface area contributed by atoms with Gasteiger partial charge >= 0.3 is 6.09 Å². The molecule has 3 N–H and O–H groups in total. The summed E-state index contributed by atoms with van der Waals surface area (Å²) >= 11 is 0. The minimum atomic E-state index is -4.03. The number of alkyl carbamates (subject to hydrolysis) is 1. The van der Waals surface area contributed by atoms with Gasteiger partial charge in [0.25, 0.3) is 5.91 Å². The van der Waals surface area contributed by atoms with E-state index in [9.17, 15) is 32.0 Å². The molecule has 1 saturated heterocycles. The Hall–Kier alpha value is -5.05. The van der Waals surface area contributed by atoms with Crippen LogP contribution in [0, 0.1) is 11.7 Å². The summed E-state index contributed by atoms with van der Waals surface area (Å²) in [6, 6.07) is 11.5. The molecule has 4 heterocycles. The number of pyridine rings is 1. The molecule has 3 aromatic rings. The number of amides is 4. The molecule has 0 radical (unpaired) electrons. The molecule has 13 nitrogen and oxygen atoms in total. The number of nitrogens with one attached hydrogen (secondary N) is 3. The topological polar surface area (TPSA) is 173 Å². The lowest BCUT2D eigenvalue weighted by atomic mass is 9.86. The Morgan fingerprint density at radius 2 is 1.81 bits per heavy atom. The summed E-state index contributed by atoms with van der Waals surface area (Å²) in [5.74, 6) is -2.44. The number of carbonyl (C=O) groups is 4. The summed E-state index contributed by atoms with van der Waals surface area (Å²) < 4.78 is 55.0. The van der Waals surface area contributed by atoms with Crippen molar-refractivity contribution in [2.24, 2.45) is 5.92 Å². The van der Waals surface area contributed by atoms with E-state index in [1.807, 2.05) is 36.4 Å². The number of carbonyl (C=O) groups excluding carboxylic acids is 4. The molecule has 59 heavy (non-hydrogen) atoms. The number of para-hydroxylation sites is 1. The van der Waals surface area contributed by atoms with Crippen LogP contribution in [0.15, 0.2) is 60.7 Å². The molecule has 0 bridgehead atoms. The van der Waals surface area contributed by atoms with Crippen molar-refractivity contribution in [3.63, 3.8) is 0 Å². The first-order valence-electron chi connectivity index (χ1n) is 20.6. The van der Waals surface area contributed by atoms with E-state index in [4.69, 9.17) is 14.5 Å². The Balaban J connectivity index is 1.18. The van der Waals surface area contributed by atoms with E-state index in [0.717, 1.165) is 23.8 Å². The van der Waals surface area contributed by atoms with Gasteiger partial charge < -0.3 is 25.0 Å². The maximum absolute atomic E-state index is 14.9. The number of benzene rings is 2. The highest BCUT2D eigenvalue weighted by atomic mass is 32.2. The lowest BCUT2D eigenvalue weighted by Crippen LogP contribution is -2.58. The van der Waals surface area contributed by atoms with E-state index < -0.39 is 79.1 Å². The Bertz CT molecular complexity index is 2360. The largest absolute Gasteiger partial charge is 0.483 e. The van der Waals surface area contributed by atoms with Crippen molar-refractivity contribution in [2.75, 3.05) is 6.54 Å². The fraction of sp³-hybridized carbons (Fsp3) is 0.523. The van der Waals surface area contributed by atoms with Gasteiger partial charge in [-0.3, -0.25) is 19.1 Å². The predicted molar refractivity (Wildman–Crippen MR) is 218 cm³/mol. The molecule has 314 valence electrons. The molecule has 5 atom stereocenters. The highest BCUT2D eigenvalue weighted by molar-refractivity contribution is 7.91. The number of nitrogens with zero attached hydrogens (tertiary/aromatic N) is 2. The maximum atomic E-state index is 14.9. The van der Waals surface area contributed by atoms with Crippen molar-refractivity contribution < 1.29 is 41.5 Å². The summed E-state index contributed by atoms with van der Waals surface area (Å²) in [6.07, 6.45) is 8.06. The van der Waals surface area contributed by atoms with Gasteiger partial charge in [-0.1, -0.05) is 55.3 Å². The molecule has 5 aliphatic rings. The van der Waals surface area contributed by atoms with E-state index in [1.165, 1.54) is 17.0 Å². The van der Waals surface area contributed by atoms with Crippen LogP contribution in [0.5, 0.6) is 5.75 Å². The average molecular weight is 830 g/mol. The van der Waals surface area contributed by atoms with E-state index in [0.29, 0.717) is 61.0 Å². The molecule has 2 saturated carbocycles. The van der Waals surface area contributed by atoms with Crippen LogP contribution in [-0.4, -0.2) is 82.2 Å². The Morgan fingerprint density at radius 1 is 1.03 bits per heavy atom. The quantitative estimate of drug-likeness (QED) is 0.261. The van der Waals surface area contributed by atoms with Crippen LogP contribution >= 0.6 is 0 Å². The molecular formula is C44H52FN5O8S. The lowest BCUT2D eigenvalue weighted by Gasteiger charge is -2.37. The molecule has 2 aromatic carbocycles. The lowest BCUT2D eigenvalue weighted by molar-refractivity contribution is -0.141. The second-order valence-corrected chi connectivity index (χ2v) is 20.4. The maximum Gasteiger partial charge on any atom is 0.408 e. The molecular weight excluding hydrogens is 778 g/mol. The van der Waals surface area contributed by atoms with Crippen LogP contribution < -0.4 is 20.1 Å². The third kappa shape index (κ3) is 8.02. The minimum absolute atomic E-state index is 0.0210. The average Bonchev–Trinajstić information content (AvgIpc) is 4.07. The van der Waals surface area contributed by atoms with Gasteiger partial charge in [0.15, 0.2) is 0 Å². The second-order valence-electron chi connectivity index (χ2n) is 18.2. The highest BCUT2D eigenvalue weighted by Crippen LogP contribution is 2.50. The van der Waals surface area contributed by atoms with Gasteiger partial charge in [0.1, 0.15) is 46.1 Å². The van der Waals surface area contributed by atoms with Crippen molar-refractivity contribution >= 4 is 44.7 Å². The molecule has 1 aromatic heterocycles. The van der Waals surface area contributed by atoms with E-state index >= 15 is 0 Å². The van der Waals surface area contributed by atoms with Gasteiger partial charge in [-0.15, -0.1) is 0 Å². The number of sulfonamides is 1. The van der Waals surface area contributed by atoms with E-state index in [1.54, 1.807) is 39.8 Å². The zero-order valence-electron chi connectivity index (χ0n) is 33.9. The number of fused-ring (bicyclic) bond motifs is 5. The van der Waals surface area contributed by atoms with Gasteiger partial charge in [-0.25, -0.2) is 22.6 Å². The van der Waals surface area contributed by atoms with E-state index in [2.05, 4.69) is 15.4 Å². The van der Waals surface area contributed by atoms with Gasteiger partial charge in [0.05, 0.1) is 16.8 Å². The number of allylic oxidation sites excluding steroid dienone is 1. The van der Waals surface area contributed by atoms with Crippen LogP contribution in [0.2, 0.25) is 0 Å². The smallest absolute Gasteiger partial charge is 0.408 e. The van der Waals surface area contributed by atoms with Gasteiger partial charge in [0.2, 0.25) is 21.8 Å². The molecule has 2 aliphatic carbocycles. The van der Waals surface area contributed by atoms with Gasteiger partial charge in [-0.2, -0.15) is 0 Å². The predicted octanol–water partition coefficient (Wildman–Crippen LogP) is 5.99. The van der Waals surface area contributed by atoms with Crippen molar-refractivity contribution in [3.05, 3.63) is 72.1 Å². The zero-order valence-corrected chi connectivity index (χ0v) is 34.8. The molecule has 5 unspecified atom stereocenters. The monoisotopic (exact) mass is 829 g/mol. The first-order chi connectivity index (χ1) is 27.9. The van der Waals surface area contributed by atoms with Gasteiger partial charge in [-0.05, 0) is 97.3 Å². The number of aryl methyl sites for hydroxylation is 1. The van der Waals surface area contributed by atoms with E-state index in [-0.39, 0.29) is 25.8 Å². The zero-order chi connectivity index (χ0) is 42.0. The number of ether oxygens (including phenoxy) is 2. The normalized spacial score (nSPS) is 27.9. The number of aromatic nitrogens is 1. The van der Waals surface area contributed by atoms with Crippen LogP contribution in [-0.2, 0) is 35.6 Å². The van der Waals surface area contributed by atoms with Crippen LogP contribution in [0.4, 0.5) is 9.18 Å². The Labute approximate surface area is 343 Å². The third-order valence-electron chi connectivity index (χ3n) is 12.5. The SMILES string of the molecule is CC(C)(C)OC(=O)NC1CCCCCC=CC2CC2(C(=O)NS(=O)(=O)C2(C)CC2)NC(=O)C2CC3(CCc4c(c(-c5cccc(F)c5)nc5ccccc45)O3)CN2C1=O. The van der Waals surface area contributed by atoms with Gasteiger partial charge in [0, 0.05) is 28.9 Å². The molecule has 1 spiro atoms. The summed E-state index contributed by atoms with van der Waals surface area (Å²) in [5.41, 5.74) is -0.999. The number of hydrogen-bond donors (Lipinski definition) is 3. The van der Waals surface area contributed by atoms with Crippen LogP contribution in [0.3, 0.4) is 0 Å². The fourth-order valence-electron chi connectivity index (χ4n) is 8.76. The van der Waals surface area contributed by atoms with Crippen molar-refractivity contribution in [3.8, 4) is 17.0 Å². The summed E-state index contributed by atoms with van der Waals surface area (Å²) in [6.45, 7) is 6.73. The fourth-order valence-corrected chi connectivity index (χ4v) is 10.1. The third-order valence-corrected chi connectivity index (χ3v) is 14.7. The molecule has 4 amide bonds. The summed E-state index contributed by atoms with van der Waals surface area (Å²) in [7, 11) is -4.03. The van der Waals surface area contributed by atoms with Crippen LogP contribution in [0.1, 0.15) is 97.5 Å².